The van der Waals surface area contributed by atoms with E-state index in [1.807, 2.05) is 32.9 Å². The standard InChI is InChI=1S/C20H23BrN4O3/c1-4-25(5-2)16-8-6-14(18(26)11-16)12-22-24-20(28)19(27)23-17-9-7-15(21)10-13(17)3/h6-12,26H,4-5H2,1-3H3,(H,23,27)(H,24,28)/b22-12+. The summed E-state index contributed by atoms with van der Waals surface area (Å²) in [5, 5.41) is 16.4. The molecule has 2 aromatic rings. The topological polar surface area (TPSA) is 94.0 Å². The highest BCUT2D eigenvalue weighted by molar-refractivity contribution is 9.10. The van der Waals surface area contributed by atoms with E-state index < -0.39 is 11.8 Å². The summed E-state index contributed by atoms with van der Waals surface area (Å²) >= 11 is 3.34. The molecule has 0 heterocycles. The van der Waals surface area contributed by atoms with Gasteiger partial charge < -0.3 is 15.3 Å². The minimum atomic E-state index is -0.905. The van der Waals surface area contributed by atoms with Gasteiger partial charge in [0.15, 0.2) is 0 Å². The van der Waals surface area contributed by atoms with Gasteiger partial charge >= 0.3 is 11.8 Å². The zero-order valence-electron chi connectivity index (χ0n) is 16.0. The van der Waals surface area contributed by atoms with E-state index in [0.717, 1.165) is 28.8 Å². The Bertz CT molecular complexity index is 895. The number of amides is 2. The van der Waals surface area contributed by atoms with E-state index in [1.54, 1.807) is 24.3 Å². The third-order valence-electron chi connectivity index (χ3n) is 4.16. The molecule has 0 bridgehead atoms. The van der Waals surface area contributed by atoms with Crippen molar-refractivity contribution < 1.29 is 14.7 Å². The lowest BCUT2D eigenvalue weighted by Crippen LogP contribution is -2.32. The molecule has 2 aromatic carbocycles. The molecular weight excluding hydrogens is 424 g/mol. The predicted octanol–water partition coefficient (Wildman–Crippen LogP) is 3.40. The molecule has 0 unspecified atom stereocenters. The highest BCUT2D eigenvalue weighted by Crippen LogP contribution is 2.23. The molecule has 0 spiro atoms. The Kier molecular flexibility index (Phi) is 7.57. The first-order valence-corrected chi connectivity index (χ1v) is 9.63. The number of hydrogen-bond donors (Lipinski definition) is 3. The molecule has 0 saturated heterocycles. The molecule has 2 rings (SSSR count). The number of rotatable bonds is 6. The van der Waals surface area contributed by atoms with Crippen molar-refractivity contribution in [3.8, 4) is 5.75 Å². The number of carbonyl (C=O) groups excluding carboxylic acids is 2. The molecule has 2 amide bonds. The molecule has 0 atom stereocenters. The van der Waals surface area contributed by atoms with Crippen LogP contribution in [0.2, 0.25) is 0 Å². The van der Waals surface area contributed by atoms with Crippen LogP contribution in [-0.4, -0.2) is 36.2 Å². The van der Waals surface area contributed by atoms with Crippen molar-refractivity contribution in [2.75, 3.05) is 23.3 Å². The molecule has 0 fully saturated rings. The SMILES string of the molecule is CCN(CC)c1ccc(/C=N/NC(=O)C(=O)Nc2ccc(Br)cc2C)c(O)c1. The minimum Gasteiger partial charge on any atom is -0.507 e. The Morgan fingerprint density at radius 2 is 1.86 bits per heavy atom. The number of aromatic hydroxyl groups is 1. The van der Waals surface area contributed by atoms with Crippen LogP contribution in [0.25, 0.3) is 0 Å². The molecule has 0 aliphatic carbocycles. The number of phenolic OH excluding ortho intramolecular Hbond substituents is 1. The summed E-state index contributed by atoms with van der Waals surface area (Å²) < 4.78 is 0.879. The first-order chi connectivity index (χ1) is 13.3. The van der Waals surface area contributed by atoms with Crippen molar-refractivity contribution in [2.24, 2.45) is 5.10 Å². The lowest BCUT2D eigenvalue weighted by atomic mass is 10.2. The zero-order chi connectivity index (χ0) is 20.7. The number of anilines is 2. The number of nitrogens with one attached hydrogen (secondary N) is 2. The van der Waals surface area contributed by atoms with E-state index in [-0.39, 0.29) is 5.75 Å². The normalized spacial score (nSPS) is 10.7. The molecule has 8 heteroatoms. The molecule has 0 aliphatic heterocycles. The van der Waals surface area contributed by atoms with Gasteiger partial charge in [-0.1, -0.05) is 15.9 Å². The van der Waals surface area contributed by atoms with Crippen molar-refractivity contribution in [1.29, 1.82) is 0 Å². The fourth-order valence-corrected chi connectivity index (χ4v) is 3.06. The summed E-state index contributed by atoms with van der Waals surface area (Å²) in [6, 6.07) is 10.5. The second-order valence-corrected chi connectivity index (χ2v) is 6.94. The summed E-state index contributed by atoms with van der Waals surface area (Å²) in [5.41, 5.74) is 4.84. The third-order valence-corrected chi connectivity index (χ3v) is 4.65. The van der Waals surface area contributed by atoms with Crippen LogP contribution in [0, 0.1) is 6.92 Å². The number of phenols is 1. The van der Waals surface area contributed by atoms with E-state index >= 15 is 0 Å². The van der Waals surface area contributed by atoms with Gasteiger partial charge in [-0.3, -0.25) is 9.59 Å². The van der Waals surface area contributed by atoms with Crippen molar-refractivity contribution in [3.63, 3.8) is 0 Å². The number of hydrogen-bond acceptors (Lipinski definition) is 5. The molecule has 7 nitrogen and oxygen atoms in total. The quantitative estimate of drug-likeness (QED) is 0.360. The Balaban J connectivity index is 1.98. The summed E-state index contributed by atoms with van der Waals surface area (Å²) in [4.78, 5) is 26.0. The van der Waals surface area contributed by atoms with Gasteiger partial charge in [0.2, 0.25) is 0 Å². The molecule has 0 aliphatic rings. The number of carbonyl (C=O) groups is 2. The first-order valence-electron chi connectivity index (χ1n) is 8.84. The van der Waals surface area contributed by atoms with Gasteiger partial charge in [-0.15, -0.1) is 0 Å². The molecule has 0 saturated carbocycles. The van der Waals surface area contributed by atoms with Crippen molar-refractivity contribution in [1.82, 2.24) is 5.43 Å². The van der Waals surface area contributed by atoms with Crippen LogP contribution in [0.5, 0.6) is 5.75 Å². The lowest BCUT2D eigenvalue weighted by Gasteiger charge is -2.21. The Labute approximate surface area is 172 Å². The first kappa shape index (κ1) is 21.4. The van der Waals surface area contributed by atoms with Crippen LogP contribution >= 0.6 is 15.9 Å². The van der Waals surface area contributed by atoms with E-state index in [9.17, 15) is 14.7 Å². The van der Waals surface area contributed by atoms with Crippen LogP contribution in [-0.2, 0) is 9.59 Å². The predicted molar refractivity (Wildman–Crippen MR) is 115 cm³/mol. The number of hydrazone groups is 1. The monoisotopic (exact) mass is 446 g/mol. The van der Waals surface area contributed by atoms with E-state index in [0.29, 0.717) is 11.3 Å². The van der Waals surface area contributed by atoms with Gasteiger partial charge in [-0.05, 0) is 56.7 Å². The molecular formula is C20H23BrN4O3. The maximum absolute atomic E-state index is 12.0. The van der Waals surface area contributed by atoms with Gasteiger partial charge in [-0.2, -0.15) is 5.10 Å². The average molecular weight is 447 g/mol. The Morgan fingerprint density at radius 3 is 2.46 bits per heavy atom. The molecule has 0 radical (unpaired) electrons. The summed E-state index contributed by atoms with van der Waals surface area (Å²) in [7, 11) is 0. The van der Waals surface area contributed by atoms with Gasteiger partial charge in [-0.25, -0.2) is 5.43 Å². The molecule has 28 heavy (non-hydrogen) atoms. The van der Waals surface area contributed by atoms with Crippen molar-refractivity contribution in [2.45, 2.75) is 20.8 Å². The number of aryl methyl sites for hydroxylation is 1. The van der Waals surface area contributed by atoms with Gasteiger partial charge in [0.1, 0.15) is 5.75 Å². The average Bonchev–Trinajstić information content (AvgIpc) is 2.66. The second kappa shape index (κ2) is 9.89. The van der Waals surface area contributed by atoms with Crippen molar-refractivity contribution in [3.05, 3.63) is 52.0 Å². The van der Waals surface area contributed by atoms with Crippen LogP contribution in [0.4, 0.5) is 11.4 Å². The van der Waals surface area contributed by atoms with E-state index in [2.05, 4.69) is 36.7 Å². The fourth-order valence-electron chi connectivity index (χ4n) is 2.58. The van der Waals surface area contributed by atoms with E-state index in [4.69, 9.17) is 0 Å². The summed E-state index contributed by atoms with van der Waals surface area (Å²) in [6.45, 7) is 7.54. The highest BCUT2D eigenvalue weighted by Gasteiger charge is 2.14. The van der Waals surface area contributed by atoms with Crippen LogP contribution in [0.15, 0.2) is 46.0 Å². The largest absolute Gasteiger partial charge is 0.507 e. The van der Waals surface area contributed by atoms with Crippen LogP contribution < -0.4 is 15.6 Å². The zero-order valence-corrected chi connectivity index (χ0v) is 17.6. The highest BCUT2D eigenvalue weighted by atomic mass is 79.9. The number of nitrogens with zero attached hydrogens (tertiary/aromatic N) is 2. The second-order valence-electron chi connectivity index (χ2n) is 6.03. The molecule has 148 valence electrons. The van der Waals surface area contributed by atoms with Crippen LogP contribution in [0.1, 0.15) is 25.0 Å². The lowest BCUT2D eigenvalue weighted by molar-refractivity contribution is -0.136. The maximum Gasteiger partial charge on any atom is 0.329 e. The smallest absolute Gasteiger partial charge is 0.329 e. The maximum atomic E-state index is 12.0. The minimum absolute atomic E-state index is 0.0392. The Morgan fingerprint density at radius 1 is 1.14 bits per heavy atom. The number of benzene rings is 2. The van der Waals surface area contributed by atoms with Crippen LogP contribution in [0.3, 0.4) is 0 Å². The van der Waals surface area contributed by atoms with Gasteiger partial charge in [0.25, 0.3) is 0 Å². The van der Waals surface area contributed by atoms with Crippen molar-refractivity contribution >= 4 is 45.3 Å². The van der Waals surface area contributed by atoms with E-state index in [1.165, 1.54) is 6.21 Å². The Hall–Kier alpha value is -2.87. The van der Waals surface area contributed by atoms with Gasteiger partial charge in [0, 0.05) is 40.6 Å². The summed E-state index contributed by atoms with van der Waals surface area (Å²) in [5.74, 6) is -1.70. The van der Waals surface area contributed by atoms with Gasteiger partial charge in [0.05, 0.1) is 6.21 Å². The summed E-state index contributed by atoms with van der Waals surface area (Å²) in [6.07, 6.45) is 1.29. The molecule has 0 aromatic heterocycles. The number of halogens is 1. The fraction of sp³-hybridized carbons (Fsp3) is 0.250. The molecule has 3 N–H and O–H groups in total. The third kappa shape index (κ3) is 5.56.